The fourth-order valence-corrected chi connectivity index (χ4v) is 1.60. The Labute approximate surface area is 99.3 Å². The van der Waals surface area contributed by atoms with Crippen molar-refractivity contribution in [2.24, 2.45) is 0 Å². The molecule has 0 aromatic heterocycles. The molecule has 0 aliphatic carbocycles. The summed E-state index contributed by atoms with van der Waals surface area (Å²) in [4.78, 5) is 13.7. The molecule has 1 aliphatic rings. The van der Waals surface area contributed by atoms with Gasteiger partial charge in [-0.1, -0.05) is 22.6 Å². The van der Waals surface area contributed by atoms with Crippen molar-refractivity contribution < 1.29 is 9.53 Å². The van der Waals surface area contributed by atoms with Gasteiger partial charge in [0.2, 0.25) is 0 Å². The van der Waals surface area contributed by atoms with Crippen LogP contribution in [0, 0.1) is 0 Å². The summed E-state index contributed by atoms with van der Waals surface area (Å²) in [6.07, 6.45) is 2.57. The molecule has 1 fully saturated rings. The van der Waals surface area contributed by atoms with Crippen molar-refractivity contribution in [1.29, 1.82) is 0 Å². The molecule has 0 atom stereocenters. The third-order valence-electron chi connectivity index (χ3n) is 2.32. The molecule has 1 heterocycles. The van der Waals surface area contributed by atoms with Gasteiger partial charge in [0.05, 0.1) is 0 Å². The van der Waals surface area contributed by atoms with Crippen LogP contribution in [-0.4, -0.2) is 40.5 Å². The van der Waals surface area contributed by atoms with Gasteiger partial charge in [-0.3, -0.25) is 9.69 Å². The standard InChI is InChI=1S/C10H18INO2/c1-10(2,11)9(13)14-8-7-12-5-3-4-6-12/h3-8H2,1-2H3. The number of ether oxygens (including phenoxy) is 1. The molecule has 0 spiro atoms. The largest absolute Gasteiger partial charge is 0.463 e. The highest BCUT2D eigenvalue weighted by Crippen LogP contribution is 2.18. The van der Waals surface area contributed by atoms with E-state index in [1.54, 1.807) is 0 Å². The first-order valence-corrected chi connectivity index (χ1v) is 6.16. The molecule has 0 amide bonds. The van der Waals surface area contributed by atoms with E-state index in [1.807, 2.05) is 13.8 Å². The predicted molar refractivity (Wildman–Crippen MR) is 64.7 cm³/mol. The molecular formula is C10H18INO2. The maximum Gasteiger partial charge on any atom is 0.321 e. The minimum Gasteiger partial charge on any atom is -0.463 e. The van der Waals surface area contributed by atoms with Crippen molar-refractivity contribution >= 4 is 28.6 Å². The van der Waals surface area contributed by atoms with Crippen LogP contribution in [0.3, 0.4) is 0 Å². The Morgan fingerprint density at radius 1 is 1.43 bits per heavy atom. The highest BCUT2D eigenvalue weighted by atomic mass is 127. The lowest BCUT2D eigenvalue weighted by Crippen LogP contribution is -2.30. The van der Waals surface area contributed by atoms with E-state index >= 15 is 0 Å². The van der Waals surface area contributed by atoms with Gasteiger partial charge in [-0.05, 0) is 39.8 Å². The molecule has 0 saturated carbocycles. The summed E-state index contributed by atoms with van der Waals surface area (Å²) in [7, 11) is 0. The van der Waals surface area contributed by atoms with Crippen molar-refractivity contribution in [1.82, 2.24) is 4.90 Å². The second-order valence-electron chi connectivity index (χ2n) is 4.16. The molecule has 0 radical (unpaired) electrons. The molecule has 0 bridgehead atoms. The predicted octanol–water partition coefficient (Wildman–Crippen LogP) is 1.84. The molecule has 0 aromatic rings. The Morgan fingerprint density at radius 2 is 2.00 bits per heavy atom. The summed E-state index contributed by atoms with van der Waals surface area (Å²) < 4.78 is 4.78. The first-order chi connectivity index (χ1) is 6.50. The van der Waals surface area contributed by atoms with Gasteiger partial charge in [0, 0.05) is 6.54 Å². The van der Waals surface area contributed by atoms with Gasteiger partial charge in [0.25, 0.3) is 0 Å². The average molecular weight is 311 g/mol. The summed E-state index contributed by atoms with van der Waals surface area (Å²) >= 11 is 2.10. The lowest BCUT2D eigenvalue weighted by molar-refractivity contribution is -0.145. The second-order valence-corrected chi connectivity index (χ2v) is 6.85. The minimum atomic E-state index is -0.400. The molecule has 82 valence electrons. The van der Waals surface area contributed by atoms with Gasteiger partial charge < -0.3 is 4.74 Å². The molecular weight excluding hydrogens is 293 g/mol. The Hall–Kier alpha value is 0.160. The number of nitrogens with zero attached hydrogens (tertiary/aromatic N) is 1. The number of carbonyl (C=O) groups is 1. The van der Waals surface area contributed by atoms with E-state index in [0.717, 1.165) is 19.6 Å². The highest BCUT2D eigenvalue weighted by molar-refractivity contribution is 14.1. The van der Waals surface area contributed by atoms with Gasteiger partial charge in [-0.25, -0.2) is 0 Å². The van der Waals surface area contributed by atoms with Crippen LogP contribution < -0.4 is 0 Å². The molecule has 0 aromatic carbocycles. The Bertz CT molecular complexity index is 195. The number of esters is 1. The molecule has 1 aliphatic heterocycles. The number of hydrogen-bond acceptors (Lipinski definition) is 3. The Kier molecular flexibility index (Phi) is 4.63. The summed E-state index contributed by atoms with van der Waals surface area (Å²) in [5, 5.41) is 0. The zero-order valence-corrected chi connectivity index (χ0v) is 11.0. The molecule has 3 nitrogen and oxygen atoms in total. The summed E-state index contributed by atoms with van der Waals surface area (Å²) in [5.74, 6) is -0.114. The summed E-state index contributed by atoms with van der Waals surface area (Å²) in [6.45, 7) is 7.47. The maximum atomic E-state index is 11.4. The lowest BCUT2D eigenvalue weighted by Gasteiger charge is -2.18. The third-order valence-corrected chi connectivity index (χ3v) is 2.77. The van der Waals surface area contributed by atoms with Crippen LogP contribution in [0.1, 0.15) is 26.7 Å². The zero-order valence-electron chi connectivity index (χ0n) is 8.88. The molecule has 0 N–H and O–H groups in total. The van der Waals surface area contributed by atoms with E-state index in [1.165, 1.54) is 12.8 Å². The van der Waals surface area contributed by atoms with Crippen molar-refractivity contribution in [3.05, 3.63) is 0 Å². The monoisotopic (exact) mass is 311 g/mol. The first-order valence-electron chi connectivity index (χ1n) is 5.08. The lowest BCUT2D eigenvalue weighted by atomic mass is 10.2. The normalized spacial score (nSPS) is 18.5. The number of likely N-dealkylation sites (tertiary alicyclic amines) is 1. The number of hydrogen-bond donors (Lipinski definition) is 0. The van der Waals surface area contributed by atoms with Crippen LogP contribution in [0.25, 0.3) is 0 Å². The van der Waals surface area contributed by atoms with E-state index in [0.29, 0.717) is 6.61 Å². The van der Waals surface area contributed by atoms with Crippen molar-refractivity contribution in [3.63, 3.8) is 0 Å². The van der Waals surface area contributed by atoms with Crippen molar-refractivity contribution in [2.75, 3.05) is 26.2 Å². The second kappa shape index (κ2) is 5.30. The highest BCUT2D eigenvalue weighted by Gasteiger charge is 2.25. The van der Waals surface area contributed by atoms with Crippen LogP contribution in [0.15, 0.2) is 0 Å². The zero-order chi connectivity index (χ0) is 10.6. The van der Waals surface area contributed by atoms with E-state index < -0.39 is 3.42 Å². The van der Waals surface area contributed by atoms with Crippen LogP contribution in [0.5, 0.6) is 0 Å². The van der Waals surface area contributed by atoms with Gasteiger partial charge >= 0.3 is 5.97 Å². The van der Waals surface area contributed by atoms with E-state index in [-0.39, 0.29) is 5.97 Å². The average Bonchev–Trinajstić information content (AvgIpc) is 2.55. The van der Waals surface area contributed by atoms with Gasteiger partial charge in [-0.2, -0.15) is 0 Å². The number of carbonyl (C=O) groups excluding carboxylic acids is 1. The van der Waals surface area contributed by atoms with Gasteiger partial charge in [-0.15, -0.1) is 0 Å². The molecule has 4 heteroatoms. The molecule has 0 unspecified atom stereocenters. The van der Waals surface area contributed by atoms with E-state index in [2.05, 4.69) is 27.5 Å². The topological polar surface area (TPSA) is 29.5 Å². The van der Waals surface area contributed by atoms with Gasteiger partial charge in [0.1, 0.15) is 10.0 Å². The summed E-state index contributed by atoms with van der Waals surface area (Å²) in [6, 6.07) is 0. The first kappa shape index (κ1) is 12.2. The fraction of sp³-hybridized carbons (Fsp3) is 0.900. The quantitative estimate of drug-likeness (QED) is 0.451. The van der Waals surface area contributed by atoms with E-state index in [9.17, 15) is 4.79 Å². The maximum absolute atomic E-state index is 11.4. The molecule has 14 heavy (non-hydrogen) atoms. The number of halogens is 1. The van der Waals surface area contributed by atoms with Gasteiger partial charge in [0.15, 0.2) is 0 Å². The third kappa shape index (κ3) is 4.13. The SMILES string of the molecule is CC(C)(I)C(=O)OCCN1CCCC1. The van der Waals surface area contributed by atoms with Crippen LogP contribution in [0.2, 0.25) is 0 Å². The fourth-order valence-electron chi connectivity index (χ4n) is 1.45. The summed E-state index contributed by atoms with van der Waals surface area (Å²) in [5.41, 5.74) is 0. The van der Waals surface area contributed by atoms with E-state index in [4.69, 9.17) is 4.74 Å². The number of alkyl halides is 1. The Morgan fingerprint density at radius 3 is 2.50 bits per heavy atom. The minimum absolute atomic E-state index is 0.114. The molecule has 1 rings (SSSR count). The van der Waals surface area contributed by atoms with Crippen LogP contribution >= 0.6 is 22.6 Å². The number of rotatable bonds is 4. The van der Waals surface area contributed by atoms with Crippen LogP contribution in [0.4, 0.5) is 0 Å². The molecule has 1 saturated heterocycles. The van der Waals surface area contributed by atoms with Crippen molar-refractivity contribution in [3.8, 4) is 0 Å². The van der Waals surface area contributed by atoms with Crippen LogP contribution in [-0.2, 0) is 9.53 Å². The Balaban J connectivity index is 2.11. The van der Waals surface area contributed by atoms with Crippen molar-refractivity contribution in [2.45, 2.75) is 30.1 Å². The smallest absolute Gasteiger partial charge is 0.321 e.